The summed E-state index contributed by atoms with van der Waals surface area (Å²) in [6.45, 7) is 3.91. The molecule has 3 rings (SSSR count). The van der Waals surface area contributed by atoms with Crippen molar-refractivity contribution in [1.29, 1.82) is 0 Å². The average molecular weight is 329 g/mol. The fourth-order valence-corrected chi connectivity index (χ4v) is 3.37. The molecule has 1 unspecified atom stereocenters. The van der Waals surface area contributed by atoms with Crippen LogP contribution in [0, 0.1) is 5.92 Å². The summed E-state index contributed by atoms with van der Waals surface area (Å²) in [7, 11) is 0. The molecule has 0 saturated carbocycles. The van der Waals surface area contributed by atoms with E-state index < -0.39 is 0 Å². The number of anilines is 1. The molecule has 0 spiro atoms. The summed E-state index contributed by atoms with van der Waals surface area (Å²) in [6, 6.07) is 7.80. The number of hydrogen-bond acceptors (Lipinski definition) is 3. The third-order valence-corrected chi connectivity index (χ3v) is 4.90. The highest BCUT2D eigenvalue weighted by molar-refractivity contribution is 5.96. The van der Waals surface area contributed by atoms with Gasteiger partial charge in [0.1, 0.15) is 0 Å². The summed E-state index contributed by atoms with van der Waals surface area (Å²) in [5.74, 6) is -0.0187. The van der Waals surface area contributed by atoms with Crippen LogP contribution in [0.5, 0.6) is 0 Å². The van der Waals surface area contributed by atoms with Gasteiger partial charge >= 0.3 is 0 Å². The minimum absolute atomic E-state index is 0.00268. The molecular formula is C18H23N3O3. The molecule has 2 heterocycles. The lowest BCUT2D eigenvalue weighted by atomic mass is 9.89. The lowest BCUT2D eigenvalue weighted by Crippen LogP contribution is -2.50. The molecule has 1 N–H and O–H groups in total. The predicted molar refractivity (Wildman–Crippen MR) is 90.3 cm³/mol. The molecule has 1 fully saturated rings. The third-order valence-electron chi connectivity index (χ3n) is 4.90. The minimum Gasteiger partial charge on any atom is -0.339 e. The van der Waals surface area contributed by atoms with Gasteiger partial charge in [-0.05, 0) is 24.5 Å². The van der Waals surface area contributed by atoms with Crippen LogP contribution in [-0.2, 0) is 20.8 Å². The molecule has 3 amide bonds. The van der Waals surface area contributed by atoms with Gasteiger partial charge in [-0.3, -0.25) is 14.4 Å². The molecule has 6 nitrogen and oxygen atoms in total. The van der Waals surface area contributed by atoms with Gasteiger partial charge in [0.05, 0.1) is 0 Å². The molecule has 2 aliphatic heterocycles. The van der Waals surface area contributed by atoms with E-state index in [-0.39, 0.29) is 23.6 Å². The monoisotopic (exact) mass is 329 g/mol. The van der Waals surface area contributed by atoms with E-state index in [0.717, 1.165) is 11.3 Å². The van der Waals surface area contributed by atoms with Crippen molar-refractivity contribution in [3.05, 3.63) is 29.8 Å². The van der Waals surface area contributed by atoms with Crippen LogP contribution >= 0.6 is 0 Å². The zero-order chi connectivity index (χ0) is 17.1. The molecule has 0 radical (unpaired) electrons. The van der Waals surface area contributed by atoms with Crippen molar-refractivity contribution >= 4 is 23.4 Å². The molecule has 1 atom stereocenters. The van der Waals surface area contributed by atoms with Crippen LogP contribution in [0.25, 0.3) is 0 Å². The van der Waals surface area contributed by atoms with Gasteiger partial charge in [-0.2, -0.15) is 0 Å². The Morgan fingerprint density at radius 2 is 1.79 bits per heavy atom. The standard InChI is InChI=1S/C18H23N3O3/c1-13(22)20-8-10-21(11-9-20)17(23)7-6-15-12-14-4-2-3-5-16(14)19-18(15)24/h2-5,15H,6-12H2,1H3,(H,19,24). The van der Waals surface area contributed by atoms with Gasteiger partial charge in [-0.1, -0.05) is 18.2 Å². The molecule has 2 aliphatic rings. The lowest BCUT2D eigenvalue weighted by molar-refractivity contribution is -0.138. The van der Waals surface area contributed by atoms with Crippen LogP contribution in [0.3, 0.4) is 0 Å². The first-order valence-corrected chi connectivity index (χ1v) is 8.46. The number of carbonyl (C=O) groups excluding carboxylic acids is 3. The summed E-state index contributed by atoms with van der Waals surface area (Å²) in [5.41, 5.74) is 2.01. The smallest absolute Gasteiger partial charge is 0.227 e. The Kier molecular flexibility index (Phi) is 4.83. The Morgan fingerprint density at radius 1 is 1.12 bits per heavy atom. The second kappa shape index (κ2) is 7.03. The maximum absolute atomic E-state index is 12.4. The van der Waals surface area contributed by atoms with Gasteiger partial charge in [-0.15, -0.1) is 0 Å². The highest BCUT2D eigenvalue weighted by atomic mass is 16.2. The molecule has 1 aromatic carbocycles. The highest BCUT2D eigenvalue weighted by Crippen LogP contribution is 2.27. The number of hydrogen-bond donors (Lipinski definition) is 1. The van der Waals surface area contributed by atoms with Crippen LogP contribution in [0.4, 0.5) is 5.69 Å². The molecule has 1 saturated heterocycles. The summed E-state index contributed by atoms with van der Waals surface area (Å²) in [4.78, 5) is 39.4. The first-order valence-electron chi connectivity index (χ1n) is 8.46. The highest BCUT2D eigenvalue weighted by Gasteiger charge is 2.28. The zero-order valence-electron chi connectivity index (χ0n) is 14.0. The van der Waals surface area contributed by atoms with Gasteiger partial charge in [0.2, 0.25) is 17.7 Å². The van der Waals surface area contributed by atoms with Crippen molar-refractivity contribution in [2.24, 2.45) is 5.92 Å². The van der Waals surface area contributed by atoms with Crippen LogP contribution < -0.4 is 5.32 Å². The summed E-state index contributed by atoms with van der Waals surface area (Å²) >= 11 is 0. The van der Waals surface area contributed by atoms with Gasteiger partial charge in [0.25, 0.3) is 0 Å². The molecule has 1 aromatic rings. The largest absolute Gasteiger partial charge is 0.339 e. The predicted octanol–water partition coefficient (Wildman–Crippen LogP) is 1.27. The van der Waals surface area contributed by atoms with E-state index in [1.807, 2.05) is 24.3 Å². The van der Waals surface area contributed by atoms with Gasteiger partial charge in [0.15, 0.2) is 0 Å². The molecule has 0 aliphatic carbocycles. The number of piperazine rings is 1. The van der Waals surface area contributed by atoms with E-state index in [2.05, 4.69) is 5.32 Å². The van der Waals surface area contributed by atoms with Gasteiger partial charge in [-0.25, -0.2) is 0 Å². The quantitative estimate of drug-likeness (QED) is 0.908. The van der Waals surface area contributed by atoms with E-state index in [1.165, 1.54) is 0 Å². The second-order valence-corrected chi connectivity index (χ2v) is 6.47. The number of para-hydroxylation sites is 1. The summed E-state index contributed by atoms with van der Waals surface area (Å²) in [6.07, 6.45) is 1.62. The minimum atomic E-state index is -0.151. The van der Waals surface area contributed by atoms with Crippen molar-refractivity contribution in [2.75, 3.05) is 31.5 Å². The van der Waals surface area contributed by atoms with Crippen molar-refractivity contribution in [3.8, 4) is 0 Å². The van der Waals surface area contributed by atoms with Gasteiger partial charge < -0.3 is 15.1 Å². The Bertz CT molecular complexity index is 651. The molecular weight excluding hydrogens is 306 g/mol. The molecule has 24 heavy (non-hydrogen) atoms. The van der Waals surface area contributed by atoms with Crippen LogP contribution in [0.15, 0.2) is 24.3 Å². The SMILES string of the molecule is CC(=O)N1CCN(C(=O)CCC2Cc3ccccc3NC2=O)CC1. The number of amides is 3. The normalized spacial score (nSPS) is 20.4. The Labute approximate surface area is 141 Å². The Balaban J connectivity index is 1.50. The number of nitrogens with zero attached hydrogens (tertiary/aromatic N) is 2. The third kappa shape index (κ3) is 3.58. The van der Waals surface area contributed by atoms with Crippen molar-refractivity contribution < 1.29 is 14.4 Å². The molecule has 128 valence electrons. The Hall–Kier alpha value is -2.37. The number of nitrogens with one attached hydrogen (secondary N) is 1. The van der Waals surface area contributed by atoms with E-state index in [9.17, 15) is 14.4 Å². The summed E-state index contributed by atoms with van der Waals surface area (Å²) < 4.78 is 0. The van der Waals surface area contributed by atoms with E-state index >= 15 is 0 Å². The zero-order valence-corrected chi connectivity index (χ0v) is 14.0. The molecule has 0 aromatic heterocycles. The summed E-state index contributed by atoms with van der Waals surface area (Å²) in [5, 5.41) is 2.92. The van der Waals surface area contributed by atoms with Crippen LogP contribution in [0.2, 0.25) is 0 Å². The van der Waals surface area contributed by atoms with Crippen LogP contribution in [0.1, 0.15) is 25.3 Å². The Morgan fingerprint density at radius 3 is 2.50 bits per heavy atom. The van der Waals surface area contributed by atoms with Crippen molar-refractivity contribution in [3.63, 3.8) is 0 Å². The maximum Gasteiger partial charge on any atom is 0.227 e. The van der Waals surface area contributed by atoms with Crippen molar-refractivity contribution in [2.45, 2.75) is 26.2 Å². The lowest BCUT2D eigenvalue weighted by Gasteiger charge is -2.34. The number of benzene rings is 1. The second-order valence-electron chi connectivity index (χ2n) is 6.47. The van der Waals surface area contributed by atoms with Crippen LogP contribution in [-0.4, -0.2) is 53.7 Å². The van der Waals surface area contributed by atoms with E-state index in [4.69, 9.17) is 0 Å². The topological polar surface area (TPSA) is 69.7 Å². The number of rotatable bonds is 3. The van der Waals surface area contributed by atoms with E-state index in [1.54, 1.807) is 16.7 Å². The first-order chi connectivity index (χ1) is 11.5. The average Bonchev–Trinajstić information content (AvgIpc) is 2.59. The van der Waals surface area contributed by atoms with E-state index in [0.29, 0.717) is 45.4 Å². The molecule has 6 heteroatoms. The van der Waals surface area contributed by atoms with Crippen molar-refractivity contribution in [1.82, 2.24) is 9.80 Å². The number of fused-ring (bicyclic) bond motifs is 1. The maximum atomic E-state index is 12.4. The number of carbonyl (C=O) groups is 3. The van der Waals surface area contributed by atoms with Gasteiger partial charge in [0, 0.05) is 51.1 Å². The fourth-order valence-electron chi connectivity index (χ4n) is 3.37. The fraction of sp³-hybridized carbons (Fsp3) is 0.500. The molecule has 0 bridgehead atoms. The first kappa shape index (κ1) is 16.5.